The Morgan fingerprint density at radius 3 is 2.26 bits per heavy atom. The van der Waals surface area contributed by atoms with Crippen molar-refractivity contribution in [3.63, 3.8) is 0 Å². The Morgan fingerprint density at radius 2 is 1.64 bits per heavy atom. The van der Waals surface area contributed by atoms with Crippen molar-refractivity contribution >= 4 is 29.7 Å². The van der Waals surface area contributed by atoms with E-state index in [1.807, 2.05) is 0 Å². The molecule has 1 saturated carbocycles. The van der Waals surface area contributed by atoms with Crippen LogP contribution in [0.1, 0.15) is 49.0 Å². The van der Waals surface area contributed by atoms with E-state index < -0.39 is 55.1 Å². The maximum atomic E-state index is 13.5. The SMILES string of the molecule is O=C(N[C@@H](CC(F)(F)F)C(=O)N1CCN(C(=O)O)CC1)c1cc(OCC(=O)N2CCC[C@H]2C(=O)NC2CCC2)n(-c2ccccc2)n1. The maximum Gasteiger partial charge on any atom is 0.407 e. The second-order valence-electron chi connectivity index (χ2n) is 11.7. The van der Waals surface area contributed by atoms with E-state index in [2.05, 4.69) is 15.7 Å². The Hall–Kier alpha value is -4.83. The van der Waals surface area contributed by atoms with Gasteiger partial charge < -0.3 is 35.2 Å². The van der Waals surface area contributed by atoms with Gasteiger partial charge in [-0.05, 0) is 44.2 Å². The molecule has 2 aliphatic heterocycles. The lowest BCUT2D eigenvalue weighted by Crippen LogP contribution is -2.56. The second kappa shape index (κ2) is 14.3. The fourth-order valence-corrected chi connectivity index (χ4v) is 5.74. The summed E-state index contributed by atoms with van der Waals surface area (Å²) < 4.78 is 47.5. The highest BCUT2D eigenvalue weighted by atomic mass is 19.4. The number of amides is 5. The van der Waals surface area contributed by atoms with Crippen LogP contribution in [-0.4, -0.2) is 123 Å². The quantitative estimate of drug-likeness (QED) is 0.346. The van der Waals surface area contributed by atoms with Crippen molar-refractivity contribution in [2.24, 2.45) is 0 Å². The number of likely N-dealkylation sites (tertiary alicyclic amines) is 1. The summed E-state index contributed by atoms with van der Waals surface area (Å²) in [5.74, 6) is -2.82. The molecule has 1 aromatic heterocycles. The monoisotopic (exact) mass is 663 g/mol. The molecule has 5 rings (SSSR count). The number of carbonyl (C=O) groups excluding carboxylic acids is 4. The van der Waals surface area contributed by atoms with Gasteiger partial charge in [0.25, 0.3) is 11.8 Å². The largest absolute Gasteiger partial charge is 0.467 e. The minimum Gasteiger partial charge on any atom is -0.467 e. The molecular formula is C30H36F3N7O7. The third-order valence-corrected chi connectivity index (χ3v) is 8.48. The van der Waals surface area contributed by atoms with Gasteiger partial charge in [-0.1, -0.05) is 18.2 Å². The zero-order chi connectivity index (χ0) is 33.7. The van der Waals surface area contributed by atoms with E-state index in [4.69, 9.17) is 9.84 Å². The van der Waals surface area contributed by atoms with Crippen molar-refractivity contribution in [1.82, 2.24) is 35.1 Å². The average molecular weight is 664 g/mol. The van der Waals surface area contributed by atoms with Gasteiger partial charge in [-0.15, -0.1) is 0 Å². The van der Waals surface area contributed by atoms with Crippen LogP contribution in [0.3, 0.4) is 0 Å². The third kappa shape index (κ3) is 8.31. The number of carbonyl (C=O) groups is 5. The van der Waals surface area contributed by atoms with E-state index >= 15 is 0 Å². The van der Waals surface area contributed by atoms with E-state index in [-0.39, 0.29) is 49.7 Å². The van der Waals surface area contributed by atoms with E-state index in [0.29, 0.717) is 25.1 Å². The summed E-state index contributed by atoms with van der Waals surface area (Å²) in [5, 5.41) is 18.5. The van der Waals surface area contributed by atoms with Crippen molar-refractivity contribution in [1.29, 1.82) is 0 Å². The standard InChI is InChI=1S/C30H36F3N7O7/c31-30(32,33)17-22(28(44)37-12-14-38(15-13-37)29(45)46)35-26(42)21-16-25(40(36-21)20-8-2-1-3-9-20)47-18-24(41)39-11-5-10-23(39)27(43)34-19-6-4-7-19/h1-3,8-9,16,19,22-23H,4-7,10-15,17-18H2,(H,34,43)(H,35,42)(H,45,46)/t22-,23-/m0/s1. The first-order valence-electron chi connectivity index (χ1n) is 15.4. The molecule has 254 valence electrons. The number of hydrogen-bond acceptors (Lipinski definition) is 7. The summed E-state index contributed by atoms with van der Waals surface area (Å²) in [5.41, 5.74) is 0.0537. The smallest absolute Gasteiger partial charge is 0.407 e. The minimum atomic E-state index is -4.81. The molecular weight excluding hydrogens is 627 g/mol. The molecule has 3 heterocycles. The van der Waals surface area contributed by atoms with Crippen LogP contribution in [0.15, 0.2) is 36.4 Å². The molecule has 0 radical (unpaired) electrons. The van der Waals surface area contributed by atoms with Crippen molar-refractivity contribution in [3.8, 4) is 11.6 Å². The third-order valence-electron chi connectivity index (χ3n) is 8.48. The Morgan fingerprint density at radius 1 is 0.957 bits per heavy atom. The highest BCUT2D eigenvalue weighted by Gasteiger charge is 2.40. The molecule has 3 fully saturated rings. The predicted octanol–water partition coefficient (Wildman–Crippen LogP) is 1.78. The number of hydrogen-bond donors (Lipinski definition) is 3. The summed E-state index contributed by atoms with van der Waals surface area (Å²) in [6, 6.07) is 7.03. The number of aromatic nitrogens is 2. The second-order valence-corrected chi connectivity index (χ2v) is 11.7. The molecule has 0 spiro atoms. The van der Waals surface area contributed by atoms with Gasteiger partial charge >= 0.3 is 12.3 Å². The minimum absolute atomic E-state index is 0.0622. The number of rotatable bonds is 10. The summed E-state index contributed by atoms with van der Waals surface area (Å²) in [7, 11) is 0. The molecule has 0 unspecified atom stereocenters. The first kappa shape index (κ1) is 33.5. The number of para-hydroxylation sites is 1. The molecule has 1 aromatic carbocycles. The lowest BCUT2D eigenvalue weighted by atomic mass is 9.93. The number of halogens is 3. The molecule has 3 aliphatic rings. The predicted molar refractivity (Wildman–Crippen MR) is 158 cm³/mol. The molecule has 1 aliphatic carbocycles. The topological polar surface area (TPSA) is 166 Å². The van der Waals surface area contributed by atoms with Gasteiger partial charge in [0.15, 0.2) is 12.3 Å². The van der Waals surface area contributed by atoms with Crippen LogP contribution in [0.25, 0.3) is 5.69 Å². The van der Waals surface area contributed by atoms with Crippen LogP contribution < -0.4 is 15.4 Å². The Balaban J connectivity index is 1.30. The Bertz CT molecular complexity index is 1470. The molecule has 14 nitrogen and oxygen atoms in total. The van der Waals surface area contributed by atoms with Gasteiger partial charge in [-0.2, -0.15) is 18.3 Å². The normalized spacial score (nSPS) is 19.1. The van der Waals surface area contributed by atoms with E-state index in [9.17, 15) is 37.1 Å². The molecule has 47 heavy (non-hydrogen) atoms. The lowest BCUT2D eigenvalue weighted by Gasteiger charge is -2.35. The van der Waals surface area contributed by atoms with Crippen LogP contribution in [0.5, 0.6) is 5.88 Å². The molecule has 0 bridgehead atoms. The first-order chi connectivity index (χ1) is 22.4. The van der Waals surface area contributed by atoms with Crippen molar-refractivity contribution in [3.05, 3.63) is 42.1 Å². The van der Waals surface area contributed by atoms with Crippen LogP contribution >= 0.6 is 0 Å². The summed E-state index contributed by atoms with van der Waals surface area (Å²) in [4.78, 5) is 67.1. The lowest BCUT2D eigenvalue weighted by molar-refractivity contribution is -0.154. The van der Waals surface area contributed by atoms with Crippen LogP contribution in [0, 0.1) is 0 Å². The fraction of sp³-hybridized carbons (Fsp3) is 0.533. The average Bonchev–Trinajstić information content (AvgIpc) is 3.69. The Kier molecular flexibility index (Phi) is 10.2. The van der Waals surface area contributed by atoms with Crippen molar-refractivity contribution < 1.29 is 47.0 Å². The first-order valence-corrected chi connectivity index (χ1v) is 15.4. The van der Waals surface area contributed by atoms with Crippen molar-refractivity contribution in [2.45, 2.75) is 62.8 Å². The number of nitrogens with one attached hydrogen (secondary N) is 2. The van der Waals surface area contributed by atoms with Crippen LogP contribution in [0.4, 0.5) is 18.0 Å². The number of piperazine rings is 1. The molecule has 5 amide bonds. The number of benzene rings is 1. The zero-order valence-corrected chi connectivity index (χ0v) is 25.4. The van der Waals surface area contributed by atoms with E-state index in [0.717, 1.165) is 35.1 Å². The van der Waals surface area contributed by atoms with Gasteiger partial charge in [0.1, 0.15) is 12.1 Å². The van der Waals surface area contributed by atoms with Gasteiger partial charge in [0.05, 0.1) is 12.1 Å². The summed E-state index contributed by atoms with van der Waals surface area (Å²) in [6.07, 6.45) is -3.64. The number of ether oxygens (including phenoxy) is 1. The van der Waals surface area contributed by atoms with E-state index in [1.165, 1.54) is 9.58 Å². The highest BCUT2D eigenvalue weighted by molar-refractivity contribution is 5.96. The van der Waals surface area contributed by atoms with Crippen LogP contribution in [-0.2, 0) is 14.4 Å². The molecule has 2 aromatic rings. The fourth-order valence-electron chi connectivity index (χ4n) is 5.74. The number of carboxylic acid groups (broad SMARTS) is 1. The zero-order valence-electron chi connectivity index (χ0n) is 25.4. The number of alkyl halides is 3. The van der Waals surface area contributed by atoms with Gasteiger partial charge in [-0.3, -0.25) is 19.2 Å². The van der Waals surface area contributed by atoms with Crippen LogP contribution in [0.2, 0.25) is 0 Å². The summed E-state index contributed by atoms with van der Waals surface area (Å²) in [6.45, 7) is -0.564. The number of nitrogens with zero attached hydrogens (tertiary/aromatic N) is 5. The highest BCUT2D eigenvalue weighted by Crippen LogP contribution is 2.25. The van der Waals surface area contributed by atoms with Gasteiger partial charge in [0.2, 0.25) is 17.7 Å². The Labute approximate surface area is 267 Å². The molecule has 17 heteroatoms. The van der Waals surface area contributed by atoms with Gasteiger partial charge in [-0.25, -0.2) is 9.48 Å². The molecule has 2 atom stereocenters. The van der Waals surface area contributed by atoms with Crippen molar-refractivity contribution in [2.75, 3.05) is 39.3 Å². The molecule has 3 N–H and O–H groups in total. The summed E-state index contributed by atoms with van der Waals surface area (Å²) >= 11 is 0. The van der Waals surface area contributed by atoms with Gasteiger partial charge in [0, 0.05) is 44.8 Å². The molecule has 2 saturated heterocycles. The maximum absolute atomic E-state index is 13.5. The van der Waals surface area contributed by atoms with E-state index in [1.54, 1.807) is 30.3 Å².